The van der Waals surface area contributed by atoms with Gasteiger partial charge in [-0.15, -0.1) is 0 Å². The number of hydrogen-bond donors (Lipinski definition) is 1. The summed E-state index contributed by atoms with van der Waals surface area (Å²) in [4.78, 5) is 24.7. The maximum Gasteiger partial charge on any atom is 0.317 e. The molecular formula is C15H22N2O2. The van der Waals surface area contributed by atoms with E-state index in [0.717, 1.165) is 5.56 Å². The number of amides is 2. The molecule has 0 spiro atoms. The summed E-state index contributed by atoms with van der Waals surface area (Å²) in [5.41, 5.74) is 1.10. The van der Waals surface area contributed by atoms with Gasteiger partial charge in [0.15, 0.2) is 0 Å². The maximum absolute atomic E-state index is 12.1. The van der Waals surface area contributed by atoms with Crippen LogP contribution in [0.2, 0.25) is 0 Å². The lowest BCUT2D eigenvalue weighted by molar-refractivity contribution is -0.116. The molecule has 0 aliphatic rings. The van der Waals surface area contributed by atoms with Gasteiger partial charge in [-0.1, -0.05) is 30.3 Å². The molecule has 0 fully saturated rings. The zero-order valence-corrected chi connectivity index (χ0v) is 11.8. The van der Waals surface area contributed by atoms with Crippen molar-refractivity contribution in [1.82, 2.24) is 10.2 Å². The zero-order chi connectivity index (χ0) is 14.3. The average Bonchev–Trinajstić information content (AvgIpc) is 2.36. The van der Waals surface area contributed by atoms with Crippen LogP contribution in [0.1, 0.15) is 32.8 Å². The van der Waals surface area contributed by atoms with Crippen LogP contribution in [0.3, 0.4) is 0 Å². The molecule has 19 heavy (non-hydrogen) atoms. The largest absolute Gasteiger partial charge is 0.338 e. The van der Waals surface area contributed by atoms with E-state index in [1.54, 1.807) is 4.90 Å². The van der Waals surface area contributed by atoms with Gasteiger partial charge in [0, 0.05) is 25.6 Å². The summed E-state index contributed by atoms with van der Waals surface area (Å²) >= 11 is 0. The number of carbonyl (C=O) groups is 2. The van der Waals surface area contributed by atoms with Crippen LogP contribution >= 0.6 is 0 Å². The van der Waals surface area contributed by atoms with E-state index < -0.39 is 0 Å². The molecule has 0 saturated carbocycles. The molecule has 0 bridgehead atoms. The second-order valence-corrected chi connectivity index (χ2v) is 4.89. The molecule has 0 heterocycles. The lowest BCUT2D eigenvalue weighted by atomic mass is 10.2. The van der Waals surface area contributed by atoms with Gasteiger partial charge in [-0.05, 0) is 26.3 Å². The third-order valence-corrected chi connectivity index (χ3v) is 2.83. The number of benzene rings is 1. The van der Waals surface area contributed by atoms with Crippen LogP contribution in [0.25, 0.3) is 0 Å². The summed E-state index contributed by atoms with van der Waals surface area (Å²) in [6.45, 7) is 6.45. The van der Waals surface area contributed by atoms with Crippen molar-refractivity contribution in [3.8, 4) is 0 Å². The first-order chi connectivity index (χ1) is 9.00. The summed E-state index contributed by atoms with van der Waals surface area (Å²) in [7, 11) is 0. The lowest BCUT2D eigenvalue weighted by Crippen LogP contribution is -2.43. The minimum Gasteiger partial charge on any atom is -0.338 e. The van der Waals surface area contributed by atoms with Gasteiger partial charge in [-0.25, -0.2) is 4.79 Å². The van der Waals surface area contributed by atoms with E-state index in [9.17, 15) is 9.59 Å². The number of carbonyl (C=O) groups excluding carboxylic acids is 2. The standard InChI is InChI=1S/C15H22N2O2/c1-12(2)17(11-14-7-5-4-6-8-14)15(19)16-10-9-13(3)18/h4-8,12H,9-11H2,1-3H3,(H,16,19). The number of hydrogen-bond acceptors (Lipinski definition) is 2. The van der Waals surface area contributed by atoms with Crippen LogP contribution in [0.15, 0.2) is 30.3 Å². The first kappa shape index (κ1) is 15.2. The fourth-order valence-electron chi connectivity index (χ4n) is 1.72. The highest BCUT2D eigenvalue weighted by molar-refractivity contribution is 5.78. The highest BCUT2D eigenvalue weighted by Crippen LogP contribution is 2.08. The van der Waals surface area contributed by atoms with E-state index >= 15 is 0 Å². The Morgan fingerprint density at radius 2 is 1.84 bits per heavy atom. The van der Waals surface area contributed by atoms with Crippen LogP contribution in [0, 0.1) is 0 Å². The van der Waals surface area contributed by atoms with E-state index in [1.165, 1.54) is 6.92 Å². The van der Waals surface area contributed by atoms with Crippen LogP contribution in [-0.2, 0) is 11.3 Å². The van der Waals surface area contributed by atoms with Gasteiger partial charge in [-0.3, -0.25) is 4.79 Å². The van der Waals surface area contributed by atoms with Crippen molar-refractivity contribution in [3.05, 3.63) is 35.9 Å². The van der Waals surface area contributed by atoms with Crippen molar-refractivity contribution in [2.75, 3.05) is 6.54 Å². The number of ketones is 1. The van der Waals surface area contributed by atoms with Crippen molar-refractivity contribution in [1.29, 1.82) is 0 Å². The van der Waals surface area contributed by atoms with Crippen molar-refractivity contribution >= 4 is 11.8 Å². The Balaban J connectivity index is 2.57. The van der Waals surface area contributed by atoms with Gasteiger partial charge in [0.05, 0.1) is 0 Å². The molecule has 0 saturated heterocycles. The topological polar surface area (TPSA) is 49.4 Å². The van der Waals surface area contributed by atoms with Crippen LogP contribution < -0.4 is 5.32 Å². The van der Waals surface area contributed by atoms with Crippen LogP contribution in [0.5, 0.6) is 0 Å². The number of rotatable bonds is 6. The summed E-state index contributed by atoms with van der Waals surface area (Å²) in [5, 5.41) is 2.78. The molecule has 0 aliphatic heterocycles. The molecule has 2 amide bonds. The number of urea groups is 1. The average molecular weight is 262 g/mol. The number of nitrogens with one attached hydrogen (secondary N) is 1. The van der Waals surface area contributed by atoms with Crippen molar-refractivity contribution in [2.24, 2.45) is 0 Å². The summed E-state index contributed by atoms with van der Waals surface area (Å²) in [5.74, 6) is 0.0828. The third-order valence-electron chi connectivity index (χ3n) is 2.83. The Morgan fingerprint density at radius 3 is 2.37 bits per heavy atom. The summed E-state index contributed by atoms with van der Waals surface area (Å²) in [6, 6.07) is 9.85. The molecule has 4 heteroatoms. The second kappa shape index (κ2) is 7.56. The van der Waals surface area contributed by atoms with Gasteiger partial charge < -0.3 is 10.2 Å². The maximum atomic E-state index is 12.1. The Morgan fingerprint density at radius 1 is 1.21 bits per heavy atom. The highest BCUT2D eigenvalue weighted by atomic mass is 16.2. The normalized spacial score (nSPS) is 10.3. The fourth-order valence-corrected chi connectivity index (χ4v) is 1.72. The van der Waals surface area contributed by atoms with E-state index in [1.807, 2.05) is 44.2 Å². The predicted molar refractivity (Wildman–Crippen MR) is 75.8 cm³/mol. The predicted octanol–water partition coefficient (Wildman–Crippen LogP) is 2.59. The van der Waals surface area contributed by atoms with E-state index in [-0.39, 0.29) is 17.9 Å². The molecule has 1 aromatic carbocycles. The first-order valence-electron chi connectivity index (χ1n) is 6.58. The Hall–Kier alpha value is -1.84. The quantitative estimate of drug-likeness (QED) is 0.856. The lowest BCUT2D eigenvalue weighted by Gasteiger charge is -2.27. The minimum absolute atomic E-state index is 0.0828. The summed E-state index contributed by atoms with van der Waals surface area (Å²) in [6.07, 6.45) is 0.378. The smallest absolute Gasteiger partial charge is 0.317 e. The molecule has 4 nitrogen and oxygen atoms in total. The SMILES string of the molecule is CC(=O)CCNC(=O)N(Cc1ccccc1)C(C)C. The van der Waals surface area contributed by atoms with Gasteiger partial charge in [0.2, 0.25) is 0 Å². The molecule has 0 atom stereocenters. The van der Waals surface area contributed by atoms with Crippen LogP contribution in [-0.4, -0.2) is 29.3 Å². The molecular weight excluding hydrogens is 240 g/mol. The van der Waals surface area contributed by atoms with Crippen molar-refractivity contribution in [3.63, 3.8) is 0 Å². The molecule has 1 aromatic rings. The van der Waals surface area contributed by atoms with E-state index in [2.05, 4.69) is 5.32 Å². The fraction of sp³-hybridized carbons (Fsp3) is 0.467. The molecule has 0 aromatic heterocycles. The Labute approximate surface area is 114 Å². The van der Waals surface area contributed by atoms with Crippen LogP contribution in [0.4, 0.5) is 4.79 Å². The minimum atomic E-state index is -0.125. The molecule has 104 valence electrons. The first-order valence-corrected chi connectivity index (χ1v) is 6.58. The van der Waals surface area contributed by atoms with Crippen molar-refractivity contribution < 1.29 is 9.59 Å². The van der Waals surface area contributed by atoms with Gasteiger partial charge in [0.25, 0.3) is 0 Å². The van der Waals surface area contributed by atoms with Gasteiger partial charge >= 0.3 is 6.03 Å². The second-order valence-electron chi connectivity index (χ2n) is 4.89. The third kappa shape index (κ3) is 5.55. The molecule has 0 unspecified atom stereocenters. The van der Waals surface area contributed by atoms with Gasteiger partial charge in [-0.2, -0.15) is 0 Å². The molecule has 0 aliphatic carbocycles. The molecule has 1 N–H and O–H groups in total. The Kier molecular flexibility index (Phi) is 6.06. The van der Waals surface area contributed by atoms with E-state index in [4.69, 9.17) is 0 Å². The zero-order valence-electron chi connectivity index (χ0n) is 11.8. The number of nitrogens with zero attached hydrogens (tertiary/aromatic N) is 1. The Bertz CT molecular complexity index is 415. The van der Waals surface area contributed by atoms with E-state index in [0.29, 0.717) is 19.5 Å². The highest BCUT2D eigenvalue weighted by Gasteiger charge is 2.16. The van der Waals surface area contributed by atoms with Gasteiger partial charge in [0.1, 0.15) is 5.78 Å². The molecule has 1 rings (SSSR count). The molecule has 0 radical (unpaired) electrons. The monoisotopic (exact) mass is 262 g/mol. The summed E-state index contributed by atoms with van der Waals surface area (Å²) < 4.78 is 0. The number of Topliss-reactive ketones (excluding diaryl/α,β-unsaturated/α-hetero) is 1. The van der Waals surface area contributed by atoms with Crippen molar-refractivity contribution in [2.45, 2.75) is 39.8 Å².